The van der Waals surface area contributed by atoms with Crippen LogP contribution in [0, 0.1) is 18.8 Å². The Bertz CT molecular complexity index is 682. The minimum Gasteiger partial charge on any atom is -0.342 e. The number of hydrogen-bond acceptors (Lipinski definition) is 4. The van der Waals surface area contributed by atoms with Gasteiger partial charge in [-0.3, -0.25) is 9.89 Å². The Morgan fingerprint density at radius 1 is 1.48 bits per heavy atom. The normalized spacial score (nSPS) is 11.4. The van der Waals surface area contributed by atoms with Gasteiger partial charge in [0.2, 0.25) is 0 Å². The number of hydrogen-bond donors (Lipinski definition) is 3. The van der Waals surface area contributed by atoms with Crippen molar-refractivity contribution in [3.05, 3.63) is 47.0 Å². The Hall–Kier alpha value is -2.65. The lowest BCUT2D eigenvalue weighted by atomic mass is 10.1. The van der Waals surface area contributed by atoms with Crippen LogP contribution in [-0.4, -0.2) is 27.6 Å². The molecule has 1 unspecified atom stereocenters. The van der Waals surface area contributed by atoms with Gasteiger partial charge in [-0.1, -0.05) is 11.8 Å². The Labute approximate surface area is 123 Å². The molecule has 1 amide bonds. The lowest BCUT2D eigenvalue weighted by Gasteiger charge is -2.11. The summed E-state index contributed by atoms with van der Waals surface area (Å²) in [6, 6.07) is 5.23. The first kappa shape index (κ1) is 14.8. The number of carbonyl (C=O) groups excluding carboxylic acids is 1. The lowest BCUT2D eigenvalue weighted by molar-refractivity contribution is 0.0938. The third-order valence-electron chi connectivity index (χ3n) is 2.87. The van der Waals surface area contributed by atoms with E-state index in [0.717, 1.165) is 11.1 Å². The maximum Gasteiger partial charge on any atom is 0.251 e. The van der Waals surface area contributed by atoms with Crippen molar-refractivity contribution in [1.82, 2.24) is 20.5 Å². The Morgan fingerprint density at radius 2 is 2.29 bits per heavy atom. The van der Waals surface area contributed by atoms with Crippen LogP contribution in [0.15, 0.2) is 24.5 Å². The SMILES string of the molecule is Cc1cc(C#CCN)cc(C(=O)NC(C)c2ncn[nH]2)c1. The molecule has 2 aromatic rings. The van der Waals surface area contributed by atoms with Crippen LogP contribution in [0.5, 0.6) is 0 Å². The zero-order chi connectivity index (χ0) is 15.2. The molecule has 6 nitrogen and oxygen atoms in total. The van der Waals surface area contributed by atoms with E-state index in [4.69, 9.17) is 5.73 Å². The highest BCUT2D eigenvalue weighted by molar-refractivity contribution is 5.95. The van der Waals surface area contributed by atoms with E-state index in [-0.39, 0.29) is 18.5 Å². The molecule has 6 heteroatoms. The number of aromatic nitrogens is 3. The second-order valence-corrected chi connectivity index (χ2v) is 4.66. The number of H-pyrrole nitrogens is 1. The fraction of sp³-hybridized carbons (Fsp3) is 0.267. The van der Waals surface area contributed by atoms with Crippen molar-refractivity contribution in [2.75, 3.05) is 6.54 Å². The van der Waals surface area contributed by atoms with Gasteiger partial charge in [-0.25, -0.2) is 4.98 Å². The van der Waals surface area contributed by atoms with Gasteiger partial charge in [0.15, 0.2) is 0 Å². The number of carbonyl (C=O) groups is 1. The van der Waals surface area contributed by atoms with Crippen molar-refractivity contribution in [2.24, 2.45) is 5.73 Å². The van der Waals surface area contributed by atoms with Gasteiger partial charge in [0.1, 0.15) is 12.2 Å². The second-order valence-electron chi connectivity index (χ2n) is 4.66. The summed E-state index contributed by atoms with van der Waals surface area (Å²) in [6.45, 7) is 4.05. The van der Waals surface area contributed by atoms with Crippen LogP contribution < -0.4 is 11.1 Å². The van der Waals surface area contributed by atoms with E-state index in [9.17, 15) is 4.79 Å². The van der Waals surface area contributed by atoms with Crippen LogP contribution in [0.25, 0.3) is 0 Å². The van der Waals surface area contributed by atoms with Crippen molar-refractivity contribution in [1.29, 1.82) is 0 Å². The number of amides is 1. The molecule has 2 rings (SSSR count). The maximum absolute atomic E-state index is 12.3. The molecule has 108 valence electrons. The van der Waals surface area contributed by atoms with Gasteiger partial charge in [-0.15, -0.1) is 0 Å². The van der Waals surface area contributed by atoms with E-state index in [1.807, 2.05) is 26.0 Å². The molecule has 0 spiro atoms. The summed E-state index contributed by atoms with van der Waals surface area (Å²) in [5.41, 5.74) is 7.67. The van der Waals surface area contributed by atoms with E-state index < -0.39 is 0 Å². The topological polar surface area (TPSA) is 96.7 Å². The molecule has 1 aromatic carbocycles. The standard InChI is InChI=1S/C15H17N5O/c1-10-6-12(4-3-5-16)8-13(7-10)15(21)19-11(2)14-17-9-18-20-14/h6-9,11H,5,16H2,1-2H3,(H,19,21)(H,17,18,20). The minimum absolute atomic E-state index is 0.182. The summed E-state index contributed by atoms with van der Waals surface area (Å²) in [5.74, 6) is 6.15. The van der Waals surface area contributed by atoms with Crippen molar-refractivity contribution < 1.29 is 4.79 Å². The molecule has 0 aliphatic heterocycles. The quantitative estimate of drug-likeness (QED) is 0.730. The predicted octanol–water partition coefficient (Wildman–Crippen LogP) is 0.914. The molecular weight excluding hydrogens is 266 g/mol. The number of aromatic amines is 1. The summed E-state index contributed by atoms with van der Waals surface area (Å²) in [4.78, 5) is 16.3. The zero-order valence-corrected chi connectivity index (χ0v) is 12.0. The molecule has 1 atom stereocenters. The molecule has 0 radical (unpaired) electrons. The molecular formula is C15H17N5O. The summed E-state index contributed by atoms with van der Waals surface area (Å²) >= 11 is 0. The minimum atomic E-state index is -0.251. The van der Waals surface area contributed by atoms with Crippen molar-refractivity contribution in [3.8, 4) is 11.8 Å². The number of nitrogens with two attached hydrogens (primary N) is 1. The van der Waals surface area contributed by atoms with Gasteiger partial charge in [-0.05, 0) is 37.6 Å². The first-order chi connectivity index (χ1) is 10.1. The van der Waals surface area contributed by atoms with Gasteiger partial charge in [0.25, 0.3) is 5.91 Å². The van der Waals surface area contributed by atoms with Gasteiger partial charge in [-0.2, -0.15) is 5.10 Å². The van der Waals surface area contributed by atoms with Crippen LogP contribution in [0.4, 0.5) is 0 Å². The van der Waals surface area contributed by atoms with Crippen molar-refractivity contribution >= 4 is 5.91 Å². The number of aryl methyl sites for hydroxylation is 1. The fourth-order valence-electron chi connectivity index (χ4n) is 1.91. The Kier molecular flexibility index (Phi) is 4.69. The summed E-state index contributed by atoms with van der Waals surface area (Å²) < 4.78 is 0. The largest absolute Gasteiger partial charge is 0.342 e. The van der Waals surface area contributed by atoms with Gasteiger partial charge >= 0.3 is 0 Å². The Morgan fingerprint density at radius 3 is 2.95 bits per heavy atom. The molecule has 1 heterocycles. The highest BCUT2D eigenvalue weighted by atomic mass is 16.1. The summed E-state index contributed by atoms with van der Waals surface area (Å²) in [7, 11) is 0. The van der Waals surface area contributed by atoms with Crippen LogP contribution >= 0.6 is 0 Å². The number of nitrogens with zero attached hydrogens (tertiary/aromatic N) is 2. The lowest BCUT2D eigenvalue weighted by Crippen LogP contribution is -2.27. The Balaban J connectivity index is 2.17. The average molecular weight is 283 g/mol. The number of benzene rings is 1. The molecule has 0 saturated carbocycles. The van der Waals surface area contributed by atoms with Crippen LogP contribution in [0.3, 0.4) is 0 Å². The van der Waals surface area contributed by atoms with E-state index in [1.54, 1.807) is 6.07 Å². The van der Waals surface area contributed by atoms with Crippen molar-refractivity contribution in [3.63, 3.8) is 0 Å². The molecule has 4 N–H and O–H groups in total. The van der Waals surface area contributed by atoms with Gasteiger partial charge < -0.3 is 11.1 Å². The molecule has 1 aromatic heterocycles. The molecule has 0 bridgehead atoms. The van der Waals surface area contributed by atoms with E-state index in [2.05, 4.69) is 32.3 Å². The highest BCUT2D eigenvalue weighted by Gasteiger charge is 2.14. The fourth-order valence-corrected chi connectivity index (χ4v) is 1.91. The molecule has 21 heavy (non-hydrogen) atoms. The zero-order valence-electron chi connectivity index (χ0n) is 12.0. The van der Waals surface area contributed by atoms with E-state index >= 15 is 0 Å². The number of rotatable bonds is 3. The van der Waals surface area contributed by atoms with Crippen LogP contribution in [0.2, 0.25) is 0 Å². The smallest absolute Gasteiger partial charge is 0.251 e. The average Bonchev–Trinajstić information content (AvgIpc) is 2.98. The maximum atomic E-state index is 12.3. The predicted molar refractivity (Wildman–Crippen MR) is 79.4 cm³/mol. The molecule has 0 saturated heterocycles. The highest BCUT2D eigenvalue weighted by Crippen LogP contribution is 2.11. The third-order valence-corrected chi connectivity index (χ3v) is 2.87. The van der Waals surface area contributed by atoms with Crippen molar-refractivity contribution in [2.45, 2.75) is 19.9 Å². The van der Waals surface area contributed by atoms with Gasteiger partial charge in [0, 0.05) is 11.1 Å². The summed E-state index contributed by atoms with van der Waals surface area (Å²) in [6.07, 6.45) is 1.41. The van der Waals surface area contributed by atoms with Gasteiger partial charge in [0.05, 0.1) is 12.6 Å². The molecule has 0 aliphatic rings. The van der Waals surface area contributed by atoms with Crippen LogP contribution in [0.1, 0.15) is 40.3 Å². The monoisotopic (exact) mass is 283 g/mol. The first-order valence-corrected chi connectivity index (χ1v) is 6.57. The number of nitrogens with one attached hydrogen (secondary N) is 2. The first-order valence-electron chi connectivity index (χ1n) is 6.57. The summed E-state index contributed by atoms with van der Waals surface area (Å²) in [5, 5.41) is 9.36. The molecule has 0 fully saturated rings. The van der Waals surface area contributed by atoms with E-state index in [0.29, 0.717) is 11.4 Å². The van der Waals surface area contributed by atoms with E-state index in [1.165, 1.54) is 6.33 Å². The second kappa shape index (κ2) is 6.68. The van der Waals surface area contributed by atoms with Crippen LogP contribution in [-0.2, 0) is 0 Å². The molecule has 0 aliphatic carbocycles. The third kappa shape index (κ3) is 3.91.